The molecule has 1 unspecified atom stereocenters. The lowest BCUT2D eigenvalue weighted by molar-refractivity contribution is -0.127. The van der Waals surface area contributed by atoms with Crippen molar-refractivity contribution < 1.29 is 4.79 Å². The van der Waals surface area contributed by atoms with E-state index < -0.39 is 0 Å². The molecule has 3 N–H and O–H groups in total. The van der Waals surface area contributed by atoms with Gasteiger partial charge >= 0.3 is 0 Å². The van der Waals surface area contributed by atoms with Crippen molar-refractivity contribution >= 4 is 16.8 Å². The maximum Gasteiger partial charge on any atom is 0.224 e. The fourth-order valence-corrected chi connectivity index (χ4v) is 2.52. The summed E-state index contributed by atoms with van der Waals surface area (Å²) >= 11 is 0. The molecule has 1 aliphatic rings. The van der Waals surface area contributed by atoms with Gasteiger partial charge in [0.05, 0.1) is 11.7 Å². The van der Waals surface area contributed by atoms with Gasteiger partial charge in [-0.3, -0.25) is 9.89 Å². The van der Waals surface area contributed by atoms with E-state index in [0.717, 1.165) is 23.9 Å². The molecule has 1 aliphatic heterocycles. The van der Waals surface area contributed by atoms with Crippen LogP contribution in [0.3, 0.4) is 0 Å². The molecule has 1 fully saturated rings. The first kappa shape index (κ1) is 11.2. The van der Waals surface area contributed by atoms with Gasteiger partial charge in [0, 0.05) is 30.9 Å². The topological polar surface area (TPSA) is 75.0 Å². The molecule has 1 atom stereocenters. The monoisotopic (exact) mass is 244 g/mol. The van der Waals surface area contributed by atoms with Crippen LogP contribution in [0.15, 0.2) is 24.4 Å². The van der Waals surface area contributed by atoms with Crippen molar-refractivity contribution in [3.05, 3.63) is 30.0 Å². The van der Waals surface area contributed by atoms with Crippen molar-refractivity contribution in [2.24, 2.45) is 5.73 Å². The number of nitrogens with one attached hydrogen (secondary N) is 1. The third-order valence-electron chi connectivity index (χ3n) is 3.47. The van der Waals surface area contributed by atoms with E-state index in [1.165, 1.54) is 5.56 Å². The van der Waals surface area contributed by atoms with Crippen molar-refractivity contribution in [1.29, 1.82) is 0 Å². The number of nitrogens with zero attached hydrogens (tertiary/aromatic N) is 2. The minimum Gasteiger partial charge on any atom is -0.341 e. The first-order valence-corrected chi connectivity index (χ1v) is 6.18. The number of fused-ring (bicyclic) bond motifs is 1. The van der Waals surface area contributed by atoms with Crippen LogP contribution in [0.5, 0.6) is 0 Å². The molecule has 1 aromatic carbocycles. The zero-order chi connectivity index (χ0) is 12.5. The van der Waals surface area contributed by atoms with Crippen LogP contribution in [-0.4, -0.2) is 40.1 Å². The highest BCUT2D eigenvalue weighted by Gasteiger charge is 2.26. The average Bonchev–Trinajstić information content (AvgIpc) is 2.93. The standard InChI is InChI=1S/C13H16N4O/c14-10-6-13(18)17(8-10)5-4-9-2-1-3-12-11(9)7-15-16-12/h1-3,7,10H,4-6,8,14H2,(H,15,16). The first-order chi connectivity index (χ1) is 8.74. The number of likely N-dealkylation sites (tertiary alicyclic amines) is 1. The SMILES string of the molecule is NC1CC(=O)N(CCc2cccc3[nH]ncc23)C1. The third kappa shape index (κ3) is 1.97. The van der Waals surface area contributed by atoms with Crippen molar-refractivity contribution in [1.82, 2.24) is 15.1 Å². The molecule has 0 spiro atoms. The Balaban J connectivity index is 1.73. The lowest BCUT2D eigenvalue weighted by Crippen LogP contribution is -2.30. The Morgan fingerprint density at radius 2 is 2.39 bits per heavy atom. The summed E-state index contributed by atoms with van der Waals surface area (Å²) in [6, 6.07) is 6.09. The van der Waals surface area contributed by atoms with Crippen LogP contribution >= 0.6 is 0 Å². The highest BCUT2D eigenvalue weighted by molar-refractivity contribution is 5.82. The second kappa shape index (κ2) is 4.42. The van der Waals surface area contributed by atoms with Gasteiger partial charge in [-0.15, -0.1) is 0 Å². The second-order valence-electron chi connectivity index (χ2n) is 4.80. The fraction of sp³-hybridized carbons (Fsp3) is 0.385. The first-order valence-electron chi connectivity index (χ1n) is 6.18. The van der Waals surface area contributed by atoms with Crippen molar-refractivity contribution in [2.45, 2.75) is 18.9 Å². The molecule has 5 heteroatoms. The zero-order valence-corrected chi connectivity index (χ0v) is 10.1. The lowest BCUT2D eigenvalue weighted by Gasteiger charge is -2.15. The van der Waals surface area contributed by atoms with E-state index in [9.17, 15) is 4.79 Å². The van der Waals surface area contributed by atoms with Crippen molar-refractivity contribution in [3.63, 3.8) is 0 Å². The smallest absolute Gasteiger partial charge is 0.224 e. The van der Waals surface area contributed by atoms with Gasteiger partial charge < -0.3 is 10.6 Å². The van der Waals surface area contributed by atoms with Gasteiger partial charge in [-0.1, -0.05) is 12.1 Å². The maximum absolute atomic E-state index is 11.6. The molecule has 18 heavy (non-hydrogen) atoms. The number of rotatable bonds is 3. The van der Waals surface area contributed by atoms with E-state index in [-0.39, 0.29) is 11.9 Å². The van der Waals surface area contributed by atoms with E-state index in [0.29, 0.717) is 13.0 Å². The number of nitrogens with two attached hydrogens (primary N) is 1. The predicted octanol–water partition coefficient (Wildman–Crippen LogP) is 0.665. The summed E-state index contributed by atoms with van der Waals surface area (Å²) in [7, 11) is 0. The van der Waals surface area contributed by atoms with Crippen LogP contribution in [0.2, 0.25) is 0 Å². The number of aromatic amines is 1. The molecular weight excluding hydrogens is 228 g/mol. The Kier molecular flexibility index (Phi) is 2.76. The Hall–Kier alpha value is -1.88. The number of benzene rings is 1. The van der Waals surface area contributed by atoms with E-state index in [4.69, 9.17) is 5.73 Å². The van der Waals surface area contributed by atoms with Crippen LogP contribution in [-0.2, 0) is 11.2 Å². The van der Waals surface area contributed by atoms with Crippen LogP contribution in [0.25, 0.3) is 10.9 Å². The average molecular weight is 244 g/mol. The highest BCUT2D eigenvalue weighted by atomic mass is 16.2. The molecule has 0 bridgehead atoms. The summed E-state index contributed by atoms with van der Waals surface area (Å²) in [6.45, 7) is 1.41. The van der Waals surface area contributed by atoms with Gasteiger partial charge in [-0.2, -0.15) is 5.10 Å². The number of carbonyl (C=O) groups excluding carboxylic acids is 1. The molecular formula is C13H16N4O. The van der Waals surface area contributed by atoms with Gasteiger partial charge in [-0.05, 0) is 18.1 Å². The number of aromatic nitrogens is 2. The minimum atomic E-state index is 0.00205. The van der Waals surface area contributed by atoms with Gasteiger partial charge in [0.15, 0.2) is 0 Å². The second-order valence-corrected chi connectivity index (χ2v) is 4.80. The number of H-pyrrole nitrogens is 1. The summed E-state index contributed by atoms with van der Waals surface area (Å²) in [5.41, 5.74) is 8.04. The normalized spacial score (nSPS) is 19.9. The summed E-state index contributed by atoms with van der Waals surface area (Å²) in [5.74, 6) is 0.168. The molecule has 94 valence electrons. The largest absolute Gasteiger partial charge is 0.341 e. The number of hydrogen-bond acceptors (Lipinski definition) is 3. The molecule has 0 radical (unpaired) electrons. The molecule has 2 aromatic rings. The van der Waals surface area contributed by atoms with Crippen molar-refractivity contribution in [3.8, 4) is 0 Å². The number of carbonyl (C=O) groups is 1. The molecule has 5 nitrogen and oxygen atoms in total. The number of hydrogen-bond donors (Lipinski definition) is 2. The third-order valence-corrected chi connectivity index (χ3v) is 3.47. The minimum absolute atomic E-state index is 0.00205. The Labute approximate surface area is 105 Å². The molecule has 1 amide bonds. The predicted molar refractivity (Wildman–Crippen MR) is 69.0 cm³/mol. The quantitative estimate of drug-likeness (QED) is 0.833. The van der Waals surface area contributed by atoms with Crippen LogP contribution in [0.4, 0.5) is 0 Å². The van der Waals surface area contributed by atoms with E-state index in [1.54, 1.807) is 0 Å². The van der Waals surface area contributed by atoms with E-state index in [1.807, 2.05) is 23.2 Å². The summed E-state index contributed by atoms with van der Waals surface area (Å²) < 4.78 is 0. The molecule has 3 rings (SSSR count). The number of amides is 1. The molecule has 1 aromatic heterocycles. The van der Waals surface area contributed by atoms with Crippen molar-refractivity contribution in [2.75, 3.05) is 13.1 Å². The maximum atomic E-state index is 11.6. The molecule has 1 saturated heterocycles. The summed E-state index contributed by atoms with van der Waals surface area (Å²) in [6.07, 6.45) is 3.16. The Morgan fingerprint density at radius 1 is 1.50 bits per heavy atom. The van der Waals surface area contributed by atoms with Gasteiger partial charge in [0.1, 0.15) is 0 Å². The molecule has 0 saturated carbocycles. The van der Waals surface area contributed by atoms with Gasteiger partial charge in [-0.25, -0.2) is 0 Å². The highest BCUT2D eigenvalue weighted by Crippen LogP contribution is 2.18. The fourth-order valence-electron chi connectivity index (χ4n) is 2.52. The van der Waals surface area contributed by atoms with Crippen LogP contribution in [0.1, 0.15) is 12.0 Å². The zero-order valence-electron chi connectivity index (χ0n) is 10.1. The molecule has 2 heterocycles. The Bertz CT molecular complexity index is 577. The summed E-state index contributed by atoms with van der Waals surface area (Å²) in [5, 5.41) is 8.13. The van der Waals surface area contributed by atoms with E-state index in [2.05, 4.69) is 16.3 Å². The van der Waals surface area contributed by atoms with Gasteiger partial charge in [0.2, 0.25) is 5.91 Å². The lowest BCUT2D eigenvalue weighted by atomic mass is 10.1. The van der Waals surface area contributed by atoms with Gasteiger partial charge in [0.25, 0.3) is 0 Å². The molecule has 0 aliphatic carbocycles. The van der Waals surface area contributed by atoms with E-state index >= 15 is 0 Å². The van der Waals surface area contributed by atoms with Crippen LogP contribution in [0, 0.1) is 0 Å². The van der Waals surface area contributed by atoms with Crippen LogP contribution < -0.4 is 5.73 Å². The Morgan fingerprint density at radius 3 is 3.17 bits per heavy atom. The summed E-state index contributed by atoms with van der Waals surface area (Å²) in [4.78, 5) is 13.5.